The normalized spacial score (nSPS) is 28.8. The van der Waals surface area contributed by atoms with Crippen LogP contribution in [0, 0.1) is 5.82 Å². The Bertz CT molecular complexity index is 955. The number of halogens is 1. The molecule has 29 heavy (non-hydrogen) atoms. The fourth-order valence-electron chi connectivity index (χ4n) is 3.91. The highest BCUT2D eigenvalue weighted by Crippen LogP contribution is 2.51. The number of piperidine rings is 1. The molecule has 0 aromatic heterocycles. The number of nitrogens with zero attached hydrogens (tertiary/aromatic N) is 2. The van der Waals surface area contributed by atoms with Crippen molar-refractivity contribution in [2.75, 3.05) is 0 Å². The molecule has 4 rings (SSSR count). The van der Waals surface area contributed by atoms with Gasteiger partial charge in [-0.15, -0.1) is 0 Å². The van der Waals surface area contributed by atoms with Gasteiger partial charge in [0.15, 0.2) is 6.23 Å². The van der Waals surface area contributed by atoms with Crippen molar-refractivity contribution in [3.05, 3.63) is 35.1 Å². The minimum absolute atomic E-state index is 0.0208. The molecule has 3 unspecified atom stereocenters. The summed E-state index contributed by atoms with van der Waals surface area (Å²) >= 11 is 0. The maximum Gasteiger partial charge on any atom is 0.424 e. The van der Waals surface area contributed by atoms with Crippen LogP contribution in [0.2, 0.25) is 0 Å². The first-order valence-electron chi connectivity index (χ1n) is 9.33. The van der Waals surface area contributed by atoms with Crippen LogP contribution in [0.25, 0.3) is 0 Å². The number of ether oxygens (including phenoxy) is 2. The second kappa shape index (κ2) is 6.09. The Morgan fingerprint density at radius 2 is 1.97 bits per heavy atom. The van der Waals surface area contributed by atoms with Gasteiger partial charge in [0.1, 0.15) is 23.1 Å². The van der Waals surface area contributed by atoms with Crippen LogP contribution in [0.3, 0.4) is 0 Å². The summed E-state index contributed by atoms with van der Waals surface area (Å²) in [7, 11) is 0. The molecular weight excluding hydrogens is 383 g/mol. The molecule has 3 atom stereocenters. The zero-order chi connectivity index (χ0) is 21.3. The van der Waals surface area contributed by atoms with Gasteiger partial charge in [0.2, 0.25) is 5.91 Å². The molecule has 4 amide bonds. The Labute approximate surface area is 166 Å². The maximum absolute atomic E-state index is 14.2. The van der Waals surface area contributed by atoms with Gasteiger partial charge in [-0.1, -0.05) is 6.07 Å². The minimum atomic E-state index is -1.51. The van der Waals surface area contributed by atoms with E-state index in [0.29, 0.717) is 4.90 Å². The molecule has 8 nitrogen and oxygen atoms in total. The highest BCUT2D eigenvalue weighted by molar-refractivity contribution is 6.15. The Balaban J connectivity index is 1.70. The van der Waals surface area contributed by atoms with Crippen LogP contribution < -0.4 is 0 Å². The predicted molar refractivity (Wildman–Crippen MR) is 95.9 cm³/mol. The lowest BCUT2D eigenvalue weighted by atomic mass is 9.85. The van der Waals surface area contributed by atoms with Gasteiger partial charge < -0.3 is 9.47 Å². The highest BCUT2D eigenvalue weighted by Gasteiger charge is 2.63. The van der Waals surface area contributed by atoms with Gasteiger partial charge in [-0.05, 0) is 46.2 Å². The van der Waals surface area contributed by atoms with E-state index >= 15 is 0 Å². The first-order valence-corrected chi connectivity index (χ1v) is 9.33. The Morgan fingerprint density at radius 3 is 2.62 bits per heavy atom. The lowest BCUT2D eigenvalue weighted by molar-refractivity contribution is -0.157. The fraction of sp³-hybridized carbons (Fsp3) is 0.500. The lowest BCUT2D eigenvalue weighted by Crippen LogP contribution is -2.66. The molecule has 9 heteroatoms. The second-order valence-electron chi connectivity index (χ2n) is 8.61. The van der Waals surface area contributed by atoms with Crippen molar-refractivity contribution in [1.82, 2.24) is 9.80 Å². The van der Waals surface area contributed by atoms with E-state index in [4.69, 9.17) is 9.47 Å². The van der Waals surface area contributed by atoms with E-state index in [9.17, 15) is 23.6 Å². The number of rotatable bonds is 1. The average molecular weight is 404 g/mol. The van der Waals surface area contributed by atoms with Crippen LogP contribution >= 0.6 is 0 Å². The molecule has 3 aliphatic rings. The first-order chi connectivity index (χ1) is 13.5. The predicted octanol–water partition coefficient (Wildman–Crippen LogP) is 2.52. The summed E-state index contributed by atoms with van der Waals surface area (Å²) < 4.78 is 24.9. The summed E-state index contributed by atoms with van der Waals surface area (Å²) in [6.45, 7) is 6.34. The third kappa shape index (κ3) is 2.91. The van der Waals surface area contributed by atoms with E-state index in [2.05, 4.69) is 0 Å². The molecule has 0 bridgehead atoms. The summed E-state index contributed by atoms with van der Waals surface area (Å²) in [6, 6.07) is 4.13. The molecule has 0 aliphatic carbocycles. The van der Waals surface area contributed by atoms with Crippen molar-refractivity contribution in [3.8, 4) is 0 Å². The van der Waals surface area contributed by atoms with Crippen LogP contribution in [0.15, 0.2) is 18.2 Å². The van der Waals surface area contributed by atoms with Crippen LogP contribution in [0.4, 0.5) is 9.18 Å². The summed E-state index contributed by atoms with van der Waals surface area (Å²) in [5, 5.41) is 0. The number of carbonyl (C=O) groups excluding carboxylic acids is 4. The van der Waals surface area contributed by atoms with Gasteiger partial charge in [-0.25, -0.2) is 9.18 Å². The smallest absolute Gasteiger partial charge is 0.424 e. The standard InChI is InChI=1S/C20H21FN2O6/c1-19(2,3)29-18(27)22-12(24)8-9-20(4,17(22)26)23-15(25)10-6-5-7-11(21)13(10)14-16(23)28-14/h5-7,14,16H,8-9H2,1-4H3. The Hall–Kier alpha value is -2.81. The molecule has 1 aromatic rings. The molecule has 2 fully saturated rings. The zero-order valence-electron chi connectivity index (χ0n) is 16.5. The highest BCUT2D eigenvalue weighted by atomic mass is 19.1. The van der Waals surface area contributed by atoms with Gasteiger partial charge in [0, 0.05) is 17.5 Å². The van der Waals surface area contributed by atoms with E-state index in [1.54, 1.807) is 20.8 Å². The van der Waals surface area contributed by atoms with Crippen LogP contribution in [-0.2, 0) is 19.1 Å². The van der Waals surface area contributed by atoms with Crippen molar-refractivity contribution in [3.63, 3.8) is 0 Å². The monoisotopic (exact) mass is 404 g/mol. The third-order valence-electron chi connectivity index (χ3n) is 5.36. The SMILES string of the molecule is CC(C)(C)OC(=O)N1C(=O)CCC(C)(N2C(=O)c3cccc(F)c3C3OC32)C1=O. The van der Waals surface area contributed by atoms with Gasteiger partial charge >= 0.3 is 6.09 Å². The number of amides is 4. The molecule has 3 heterocycles. The van der Waals surface area contributed by atoms with Gasteiger partial charge in [-0.2, -0.15) is 4.90 Å². The van der Waals surface area contributed by atoms with Crippen molar-refractivity contribution in [1.29, 1.82) is 0 Å². The molecule has 0 spiro atoms. The zero-order valence-corrected chi connectivity index (χ0v) is 16.5. The largest absolute Gasteiger partial charge is 0.443 e. The Morgan fingerprint density at radius 1 is 1.28 bits per heavy atom. The van der Waals surface area contributed by atoms with Crippen molar-refractivity contribution >= 4 is 23.8 Å². The molecule has 3 aliphatic heterocycles. The molecule has 1 aromatic carbocycles. The first kappa shape index (κ1) is 19.5. The van der Waals surface area contributed by atoms with Crippen molar-refractivity contribution in [2.45, 2.75) is 64.0 Å². The molecular formula is C20H21FN2O6. The van der Waals surface area contributed by atoms with Crippen LogP contribution in [0.1, 0.15) is 62.6 Å². The summed E-state index contributed by atoms with van der Waals surface area (Å²) in [6.07, 6.45) is -2.69. The van der Waals surface area contributed by atoms with E-state index < -0.39 is 53.1 Å². The number of fused-ring (bicyclic) bond motifs is 3. The number of carbonyl (C=O) groups is 4. The van der Waals surface area contributed by atoms with E-state index in [1.165, 1.54) is 30.0 Å². The number of hydrogen-bond acceptors (Lipinski definition) is 6. The van der Waals surface area contributed by atoms with Crippen molar-refractivity contribution < 1.29 is 33.0 Å². The minimum Gasteiger partial charge on any atom is -0.443 e. The van der Waals surface area contributed by atoms with Crippen LogP contribution in [-0.4, -0.2) is 51.0 Å². The molecule has 2 saturated heterocycles. The number of hydrogen-bond donors (Lipinski definition) is 0. The lowest BCUT2D eigenvalue weighted by Gasteiger charge is -2.45. The van der Waals surface area contributed by atoms with Gasteiger partial charge in [-0.3, -0.25) is 19.3 Å². The Kier molecular flexibility index (Phi) is 4.10. The molecule has 0 N–H and O–H groups in total. The van der Waals surface area contributed by atoms with Gasteiger partial charge in [0.25, 0.3) is 11.8 Å². The van der Waals surface area contributed by atoms with Crippen molar-refractivity contribution in [2.24, 2.45) is 0 Å². The number of benzene rings is 1. The number of likely N-dealkylation sites (tertiary alicyclic amines) is 1. The van der Waals surface area contributed by atoms with Crippen LogP contribution in [0.5, 0.6) is 0 Å². The topological polar surface area (TPSA) is 96.5 Å². The van der Waals surface area contributed by atoms with E-state index in [1.807, 2.05) is 0 Å². The molecule has 0 radical (unpaired) electrons. The number of epoxide rings is 1. The van der Waals surface area contributed by atoms with Gasteiger partial charge in [0.05, 0.1) is 0 Å². The summed E-state index contributed by atoms with van der Waals surface area (Å²) in [5.74, 6) is -2.67. The molecule has 154 valence electrons. The fourth-order valence-corrected chi connectivity index (χ4v) is 3.91. The van der Waals surface area contributed by atoms with E-state index in [0.717, 1.165) is 0 Å². The summed E-state index contributed by atoms with van der Waals surface area (Å²) in [4.78, 5) is 52.9. The maximum atomic E-state index is 14.2. The third-order valence-corrected chi connectivity index (χ3v) is 5.36. The average Bonchev–Trinajstić information content (AvgIpc) is 3.37. The molecule has 0 saturated carbocycles. The van der Waals surface area contributed by atoms with E-state index in [-0.39, 0.29) is 24.0 Å². The quantitative estimate of drug-likeness (QED) is 0.527. The number of imide groups is 3. The second-order valence-corrected chi connectivity index (χ2v) is 8.61. The summed E-state index contributed by atoms with van der Waals surface area (Å²) in [5.41, 5.74) is -2.14.